The summed E-state index contributed by atoms with van der Waals surface area (Å²) in [5, 5.41) is 7.30. The fourth-order valence-electron chi connectivity index (χ4n) is 10.1. The number of furan rings is 1. The van der Waals surface area contributed by atoms with E-state index < -0.39 is 0 Å². The molecule has 61 heavy (non-hydrogen) atoms. The van der Waals surface area contributed by atoms with Gasteiger partial charge in [0.15, 0.2) is 0 Å². The van der Waals surface area contributed by atoms with E-state index in [4.69, 9.17) is 4.42 Å². The maximum atomic E-state index is 6.50. The molecule has 1 aliphatic rings. The molecule has 0 atom stereocenters. The second-order valence-corrected chi connectivity index (χ2v) is 16.9. The first-order valence-corrected chi connectivity index (χ1v) is 21.2. The van der Waals surface area contributed by atoms with Gasteiger partial charge in [0.1, 0.15) is 11.2 Å². The lowest BCUT2D eigenvalue weighted by Crippen LogP contribution is -2.17. The molecule has 0 saturated heterocycles. The zero-order chi connectivity index (χ0) is 40.7. The highest BCUT2D eigenvalue weighted by molar-refractivity contribution is 6.15. The van der Waals surface area contributed by atoms with Crippen LogP contribution in [0.3, 0.4) is 0 Å². The fourth-order valence-corrected chi connectivity index (χ4v) is 10.1. The first-order chi connectivity index (χ1) is 30.0. The summed E-state index contributed by atoms with van der Waals surface area (Å²) in [7, 11) is 0. The third-order valence-corrected chi connectivity index (χ3v) is 13.1. The van der Waals surface area contributed by atoms with Gasteiger partial charge in [-0.15, -0.1) is 0 Å². The molecule has 1 aliphatic carbocycles. The Morgan fingerprint density at radius 2 is 1.00 bits per heavy atom. The molecule has 11 aromatic rings. The predicted octanol–water partition coefficient (Wildman–Crippen LogP) is 16.7. The summed E-state index contributed by atoms with van der Waals surface area (Å²) in [5.41, 5.74) is 17.2. The van der Waals surface area contributed by atoms with E-state index in [1.165, 1.54) is 54.9 Å². The molecular weight excluding hydrogens is 739 g/mol. The quantitative estimate of drug-likeness (QED) is 0.156. The van der Waals surface area contributed by atoms with E-state index in [0.29, 0.717) is 0 Å². The molecule has 2 nitrogen and oxygen atoms in total. The van der Waals surface area contributed by atoms with Gasteiger partial charge in [-0.1, -0.05) is 184 Å². The lowest BCUT2D eigenvalue weighted by Gasteiger charge is -2.30. The van der Waals surface area contributed by atoms with E-state index >= 15 is 0 Å². The fraction of sp³-hybridized carbons (Fsp3) is 0.0508. The number of benzene rings is 10. The molecule has 2 heteroatoms. The van der Waals surface area contributed by atoms with Gasteiger partial charge >= 0.3 is 0 Å². The second kappa shape index (κ2) is 13.7. The third kappa shape index (κ3) is 5.56. The van der Waals surface area contributed by atoms with Gasteiger partial charge in [0.2, 0.25) is 0 Å². The van der Waals surface area contributed by atoms with E-state index in [0.717, 1.165) is 61.3 Å². The number of anilines is 3. The van der Waals surface area contributed by atoms with Crippen LogP contribution in [0.25, 0.3) is 88.0 Å². The van der Waals surface area contributed by atoms with E-state index in [9.17, 15) is 0 Å². The van der Waals surface area contributed by atoms with Crippen LogP contribution in [0, 0.1) is 0 Å². The van der Waals surface area contributed by atoms with Crippen LogP contribution in [0.5, 0.6) is 0 Å². The Labute approximate surface area is 355 Å². The summed E-state index contributed by atoms with van der Waals surface area (Å²) in [4.78, 5) is 2.45. The van der Waals surface area contributed by atoms with Crippen LogP contribution in [-0.4, -0.2) is 0 Å². The molecule has 0 spiro atoms. The number of nitrogens with zero attached hydrogens (tertiary/aromatic N) is 1. The van der Waals surface area contributed by atoms with Crippen LogP contribution in [-0.2, 0) is 5.41 Å². The van der Waals surface area contributed by atoms with Crippen LogP contribution in [0.4, 0.5) is 17.1 Å². The Morgan fingerprint density at radius 1 is 0.377 bits per heavy atom. The smallest absolute Gasteiger partial charge is 0.143 e. The van der Waals surface area contributed by atoms with Crippen LogP contribution in [0.15, 0.2) is 217 Å². The van der Waals surface area contributed by atoms with Gasteiger partial charge < -0.3 is 9.32 Å². The number of rotatable bonds is 6. The van der Waals surface area contributed by atoms with Crippen LogP contribution in [0.1, 0.15) is 25.0 Å². The Morgan fingerprint density at radius 3 is 1.89 bits per heavy atom. The maximum Gasteiger partial charge on any atom is 0.143 e. The SMILES string of the molecule is CC1(C)c2ccccc2-c2ccc(N(c3ccc(-c4cccc5c4oc4ccccc45)cc3)c3ccc(-c4cccc5ccc6ccccc6c45)cc3-c3ccccc3)cc21. The molecule has 0 bridgehead atoms. The molecule has 1 heterocycles. The first-order valence-electron chi connectivity index (χ1n) is 21.2. The minimum atomic E-state index is -0.147. The Bertz CT molecular complexity index is 3500. The molecule has 0 aliphatic heterocycles. The van der Waals surface area contributed by atoms with Gasteiger partial charge in [0, 0.05) is 38.7 Å². The molecule has 0 radical (unpaired) electrons. The molecule has 0 unspecified atom stereocenters. The van der Waals surface area contributed by atoms with Gasteiger partial charge in [0.25, 0.3) is 0 Å². The van der Waals surface area contributed by atoms with Crippen molar-refractivity contribution in [2.45, 2.75) is 19.3 Å². The molecule has 10 aromatic carbocycles. The van der Waals surface area contributed by atoms with E-state index in [1.807, 2.05) is 6.07 Å². The summed E-state index contributed by atoms with van der Waals surface area (Å²) in [6.45, 7) is 4.72. The van der Waals surface area contributed by atoms with Gasteiger partial charge in [-0.2, -0.15) is 0 Å². The van der Waals surface area contributed by atoms with E-state index in [-0.39, 0.29) is 5.41 Å². The number of hydrogen-bond acceptors (Lipinski definition) is 2. The summed E-state index contributed by atoms with van der Waals surface area (Å²) in [5.74, 6) is 0. The minimum Gasteiger partial charge on any atom is -0.455 e. The lowest BCUT2D eigenvalue weighted by molar-refractivity contribution is 0.660. The van der Waals surface area contributed by atoms with Crippen LogP contribution >= 0.6 is 0 Å². The van der Waals surface area contributed by atoms with Crippen molar-refractivity contribution in [1.29, 1.82) is 0 Å². The molecule has 0 N–H and O–H groups in total. The average molecular weight is 780 g/mol. The van der Waals surface area contributed by atoms with Crippen molar-refractivity contribution in [3.05, 3.63) is 223 Å². The van der Waals surface area contributed by atoms with E-state index in [1.54, 1.807) is 0 Å². The molecule has 12 rings (SSSR count). The van der Waals surface area contributed by atoms with Gasteiger partial charge in [0.05, 0.1) is 5.69 Å². The van der Waals surface area contributed by atoms with Crippen molar-refractivity contribution in [2.75, 3.05) is 4.90 Å². The molecule has 0 amide bonds. The van der Waals surface area contributed by atoms with Crippen molar-refractivity contribution in [2.24, 2.45) is 0 Å². The van der Waals surface area contributed by atoms with Gasteiger partial charge in [-0.3, -0.25) is 0 Å². The number of para-hydroxylation sites is 2. The molecule has 0 fully saturated rings. The Hall–Kier alpha value is -7.68. The number of fused-ring (bicyclic) bond motifs is 9. The highest BCUT2D eigenvalue weighted by atomic mass is 16.3. The molecule has 288 valence electrons. The van der Waals surface area contributed by atoms with E-state index in [2.05, 4.69) is 225 Å². The van der Waals surface area contributed by atoms with Crippen molar-refractivity contribution < 1.29 is 4.42 Å². The lowest BCUT2D eigenvalue weighted by atomic mass is 9.82. The van der Waals surface area contributed by atoms with Crippen molar-refractivity contribution in [3.63, 3.8) is 0 Å². The Balaban J connectivity index is 1.07. The van der Waals surface area contributed by atoms with Gasteiger partial charge in [-0.05, 0) is 109 Å². The van der Waals surface area contributed by atoms with Crippen LogP contribution in [0.2, 0.25) is 0 Å². The van der Waals surface area contributed by atoms with Crippen molar-refractivity contribution in [1.82, 2.24) is 0 Å². The second-order valence-electron chi connectivity index (χ2n) is 16.9. The first kappa shape index (κ1) is 35.3. The molecule has 0 saturated carbocycles. The zero-order valence-corrected chi connectivity index (χ0v) is 34.1. The largest absolute Gasteiger partial charge is 0.455 e. The minimum absolute atomic E-state index is 0.147. The highest BCUT2D eigenvalue weighted by Gasteiger charge is 2.36. The van der Waals surface area contributed by atoms with Crippen LogP contribution < -0.4 is 4.90 Å². The third-order valence-electron chi connectivity index (χ3n) is 13.1. The van der Waals surface area contributed by atoms with Crippen molar-refractivity contribution in [3.8, 4) is 44.5 Å². The summed E-state index contributed by atoms with van der Waals surface area (Å²) in [6.07, 6.45) is 0. The normalized spacial score (nSPS) is 12.9. The maximum absolute atomic E-state index is 6.50. The topological polar surface area (TPSA) is 16.4 Å². The molecule has 1 aromatic heterocycles. The predicted molar refractivity (Wildman–Crippen MR) is 257 cm³/mol. The monoisotopic (exact) mass is 779 g/mol. The van der Waals surface area contributed by atoms with Crippen molar-refractivity contribution >= 4 is 60.5 Å². The summed E-state index contributed by atoms with van der Waals surface area (Å²) >= 11 is 0. The molecular formula is C59H41NO. The zero-order valence-electron chi connectivity index (χ0n) is 34.1. The van der Waals surface area contributed by atoms with Gasteiger partial charge in [-0.25, -0.2) is 0 Å². The standard InChI is InChI=1S/C59H41NO/c1-59(2)53-24-10-8-19-48(53)49-34-33-44(37-54(49)59)60(43-31-28-40(29-32-43)47-22-13-23-51-50-20-9-11-25-56(50)61-58(47)51)55-35-30-42(36-52(55)38-14-4-3-5-15-38)46-21-12-17-41-27-26-39-16-6-7-18-45(39)57(41)46/h3-37H,1-2H3. The number of hydrogen-bond donors (Lipinski definition) is 0. The Kier molecular flexibility index (Phi) is 7.92. The summed E-state index contributed by atoms with van der Waals surface area (Å²) < 4.78 is 6.50. The summed E-state index contributed by atoms with van der Waals surface area (Å²) in [6, 6.07) is 77.5. The average Bonchev–Trinajstić information content (AvgIpc) is 3.81. The highest BCUT2D eigenvalue weighted by Crippen LogP contribution is 2.52.